The molecule has 1 aliphatic heterocycles. The maximum atomic E-state index is 12.8. The van der Waals surface area contributed by atoms with Crippen LogP contribution >= 0.6 is 0 Å². The van der Waals surface area contributed by atoms with Crippen LogP contribution in [0.4, 0.5) is 0 Å². The maximum Gasteiger partial charge on any atom is 0.261 e. The Morgan fingerprint density at radius 3 is 2.11 bits per heavy atom. The number of benzene rings is 2. The van der Waals surface area contributed by atoms with Gasteiger partial charge in [-0.15, -0.1) is 0 Å². The molecule has 3 rings (SSSR count). The number of amides is 3. The van der Waals surface area contributed by atoms with Crippen LogP contribution in [0.25, 0.3) is 0 Å². The molecule has 0 aliphatic carbocycles. The third-order valence-corrected chi connectivity index (χ3v) is 4.76. The van der Waals surface area contributed by atoms with E-state index in [4.69, 9.17) is 4.74 Å². The van der Waals surface area contributed by atoms with Gasteiger partial charge in [0.15, 0.2) is 0 Å². The summed E-state index contributed by atoms with van der Waals surface area (Å²) in [5, 5.41) is 0. The van der Waals surface area contributed by atoms with E-state index >= 15 is 0 Å². The van der Waals surface area contributed by atoms with Gasteiger partial charge in [-0.05, 0) is 43.7 Å². The molecule has 0 spiro atoms. The summed E-state index contributed by atoms with van der Waals surface area (Å²) in [5.41, 5.74) is 1.95. The van der Waals surface area contributed by atoms with E-state index in [0.717, 1.165) is 0 Å². The van der Waals surface area contributed by atoms with Gasteiger partial charge < -0.3 is 9.64 Å². The molecular weight excluding hydrogens is 344 g/mol. The lowest BCUT2D eigenvalue weighted by Crippen LogP contribution is -2.31. The highest BCUT2D eigenvalue weighted by molar-refractivity contribution is 6.21. The standard InChI is InChI=1S/C21H22N2O4/c1-4-22(5-2)19(24)17-12-14(10-11-18(17)27-3)13-23-20(25)15-8-6-7-9-16(15)21(23)26/h6-12H,4-5,13H2,1-3H3. The fraction of sp³-hybridized carbons (Fsp3) is 0.286. The first kappa shape index (κ1) is 18.6. The number of fused-ring (bicyclic) bond motifs is 1. The molecule has 2 aromatic rings. The molecule has 0 bridgehead atoms. The van der Waals surface area contributed by atoms with Crippen molar-refractivity contribution >= 4 is 17.7 Å². The zero-order valence-corrected chi connectivity index (χ0v) is 15.7. The first-order chi connectivity index (χ1) is 13.0. The Hall–Kier alpha value is -3.15. The van der Waals surface area contributed by atoms with E-state index in [1.807, 2.05) is 13.8 Å². The van der Waals surface area contributed by atoms with E-state index in [-0.39, 0.29) is 24.3 Å². The summed E-state index contributed by atoms with van der Waals surface area (Å²) in [7, 11) is 1.51. The minimum atomic E-state index is -0.317. The van der Waals surface area contributed by atoms with Gasteiger partial charge in [-0.25, -0.2) is 0 Å². The molecule has 2 aromatic carbocycles. The summed E-state index contributed by atoms with van der Waals surface area (Å²) in [6.07, 6.45) is 0. The second-order valence-electron chi connectivity index (χ2n) is 6.25. The highest BCUT2D eigenvalue weighted by atomic mass is 16.5. The molecule has 1 heterocycles. The number of ether oxygens (including phenoxy) is 1. The van der Waals surface area contributed by atoms with Crippen LogP contribution in [0.2, 0.25) is 0 Å². The summed E-state index contributed by atoms with van der Waals surface area (Å²) < 4.78 is 5.33. The lowest BCUT2D eigenvalue weighted by molar-refractivity contribution is 0.0642. The maximum absolute atomic E-state index is 12.8. The highest BCUT2D eigenvalue weighted by Crippen LogP contribution is 2.27. The monoisotopic (exact) mass is 366 g/mol. The fourth-order valence-electron chi connectivity index (χ4n) is 3.27. The van der Waals surface area contributed by atoms with Crippen molar-refractivity contribution in [1.29, 1.82) is 0 Å². The smallest absolute Gasteiger partial charge is 0.261 e. The average Bonchev–Trinajstić information content (AvgIpc) is 2.94. The number of carbonyl (C=O) groups is 3. The molecule has 0 aromatic heterocycles. The Morgan fingerprint density at radius 2 is 1.59 bits per heavy atom. The summed E-state index contributed by atoms with van der Waals surface area (Å²) >= 11 is 0. The molecule has 0 saturated heterocycles. The molecule has 0 N–H and O–H groups in total. The Bertz CT molecular complexity index is 868. The number of rotatable bonds is 6. The number of carbonyl (C=O) groups excluding carboxylic acids is 3. The first-order valence-corrected chi connectivity index (χ1v) is 8.93. The van der Waals surface area contributed by atoms with Crippen LogP contribution in [0.5, 0.6) is 5.75 Å². The van der Waals surface area contributed by atoms with Crippen LogP contribution in [0.1, 0.15) is 50.5 Å². The van der Waals surface area contributed by atoms with Gasteiger partial charge in [0, 0.05) is 13.1 Å². The minimum Gasteiger partial charge on any atom is -0.496 e. The molecule has 3 amide bonds. The van der Waals surface area contributed by atoms with Crippen LogP contribution in [0.3, 0.4) is 0 Å². The third kappa shape index (κ3) is 3.30. The molecule has 27 heavy (non-hydrogen) atoms. The van der Waals surface area contributed by atoms with Gasteiger partial charge >= 0.3 is 0 Å². The van der Waals surface area contributed by atoms with Crippen LogP contribution < -0.4 is 4.74 Å². The molecule has 0 saturated carbocycles. The predicted molar refractivity (Wildman–Crippen MR) is 101 cm³/mol. The second-order valence-corrected chi connectivity index (χ2v) is 6.25. The lowest BCUT2D eigenvalue weighted by Gasteiger charge is -2.21. The van der Waals surface area contributed by atoms with Crippen molar-refractivity contribution < 1.29 is 19.1 Å². The van der Waals surface area contributed by atoms with E-state index in [1.54, 1.807) is 47.4 Å². The number of nitrogens with zero attached hydrogens (tertiary/aromatic N) is 2. The molecular formula is C21H22N2O4. The second kappa shape index (κ2) is 7.61. The number of hydrogen-bond donors (Lipinski definition) is 0. The summed E-state index contributed by atoms with van der Waals surface area (Å²) in [6.45, 7) is 5.10. The van der Waals surface area contributed by atoms with Crippen LogP contribution in [0, 0.1) is 0 Å². The molecule has 140 valence electrons. The minimum absolute atomic E-state index is 0.106. The van der Waals surface area contributed by atoms with E-state index in [9.17, 15) is 14.4 Å². The van der Waals surface area contributed by atoms with Gasteiger partial charge in [0.05, 0.1) is 30.3 Å². The van der Waals surface area contributed by atoms with Crippen molar-refractivity contribution in [1.82, 2.24) is 9.80 Å². The zero-order valence-electron chi connectivity index (χ0n) is 15.7. The van der Waals surface area contributed by atoms with Crippen molar-refractivity contribution in [3.63, 3.8) is 0 Å². The van der Waals surface area contributed by atoms with Gasteiger partial charge in [0.2, 0.25) is 0 Å². The number of imide groups is 1. The van der Waals surface area contributed by atoms with Gasteiger partial charge in [0.1, 0.15) is 5.75 Å². The van der Waals surface area contributed by atoms with E-state index in [0.29, 0.717) is 41.1 Å². The quantitative estimate of drug-likeness (QED) is 0.737. The van der Waals surface area contributed by atoms with Crippen molar-refractivity contribution in [2.45, 2.75) is 20.4 Å². The topological polar surface area (TPSA) is 66.9 Å². The highest BCUT2D eigenvalue weighted by Gasteiger charge is 2.35. The Labute approximate surface area is 158 Å². The van der Waals surface area contributed by atoms with Crippen molar-refractivity contribution in [2.75, 3.05) is 20.2 Å². The predicted octanol–water partition coefficient (Wildman–Crippen LogP) is 2.97. The van der Waals surface area contributed by atoms with Gasteiger partial charge in [0.25, 0.3) is 17.7 Å². The average molecular weight is 366 g/mol. The molecule has 0 fully saturated rings. The number of hydrogen-bond acceptors (Lipinski definition) is 4. The Balaban J connectivity index is 1.91. The SMILES string of the molecule is CCN(CC)C(=O)c1cc(CN2C(=O)c3ccccc3C2=O)ccc1OC. The van der Waals surface area contributed by atoms with Crippen molar-refractivity contribution in [3.8, 4) is 5.75 Å². The normalized spacial score (nSPS) is 12.9. The van der Waals surface area contributed by atoms with E-state index in [2.05, 4.69) is 0 Å². The molecule has 0 unspecified atom stereocenters. The number of methoxy groups -OCH3 is 1. The molecule has 1 aliphatic rings. The molecule has 0 atom stereocenters. The lowest BCUT2D eigenvalue weighted by atomic mass is 10.1. The summed E-state index contributed by atoms with van der Waals surface area (Å²) in [5.74, 6) is -0.301. The van der Waals surface area contributed by atoms with E-state index in [1.165, 1.54) is 12.0 Å². The van der Waals surface area contributed by atoms with Crippen LogP contribution in [-0.2, 0) is 6.54 Å². The van der Waals surface area contributed by atoms with Gasteiger partial charge in [-0.1, -0.05) is 18.2 Å². The zero-order chi connectivity index (χ0) is 19.6. The third-order valence-electron chi connectivity index (χ3n) is 4.76. The van der Waals surface area contributed by atoms with Crippen molar-refractivity contribution in [3.05, 3.63) is 64.7 Å². The van der Waals surface area contributed by atoms with Gasteiger partial charge in [-0.2, -0.15) is 0 Å². The summed E-state index contributed by atoms with van der Waals surface area (Å²) in [6, 6.07) is 11.9. The summed E-state index contributed by atoms with van der Waals surface area (Å²) in [4.78, 5) is 40.8. The van der Waals surface area contributed by atoms with Crippen molar-refractivity contribution in [2.24, 2.45) is 0 Å². The molecule has 0 radical (unpaired) electrons. The Kier molecular flexibility index (Phi) is 5.26. The first-order valence-electron chi connectivity index (χ1n) is 8.93. The van der Waals surface area contributed by atoms with Crippen LogP contribution in [-0.4, -0.2) is 47.7 Å². The largest absolute Gasteiger partial charge is 0.496 e. The van der Waals surface area contributed by atoms with Gasteiger partial charge in [-0.3, -0.25) is 19.3 Å². The fourth-order valence-corrected chi connectivity index (χ4v) is 3.27. The van der Waals surface area contributed by atoms with E-state index < -0.39 is 0 Å². The molecule has 6 nitrogen and oxygen atoms in total. The Morgan fingerprint density at radius 1 is 1.00 bits per heavy atom. The van der Waals surface area contributed by atoms with Crippen LogP contribution in [0.15, 0.2) is 42.5 Å². The molecule has 6 heteroatoms.